The fraction of sp³-hybridized carbons (Fsp3) is 0.421. The number of carbonyl (C=O) groups excluding carboxylic acids is 1. The molecule has 2 aromatic rings. The van der Waals surface area contributed by atoms with Gasteiger partial charge in [0.1, 0.15) is 0 Å². The second-order valence-corrected chi connectivity index (χ2v) is 11.8. The van der Waals surface area contributed by atoms with Crippen LogP contribution in [0.3, 0.4) is 0 Å². The molecule has 0 saturated carbocycles. The number of hydrogen-bond acceptors (Lipinski definition) is 4. The summed E-state index contributed by atoms with van der Waals surface area (Å²) in [6.45, 7) is 7.69. The molecule has 0 radical (unpaired) electrons. The fourth-order valence-corrected chi connectivity index (χ4v) is 5.56. The Morgan fingerprint density at radius 3 is 2.15 bits per heavy atom. The summed E-state index contributed by atoms with van der Waals surface area (Å²) in [5.74, 6) is -0.0523. The lowest BCUT2D eigenvalue weighted by molar-refractivity contribution is 0.0698. The Morgan fingerprint density at radius 1 is 1.07 bits per heavy atom. The van der Waals surface area contributed by atoms with Gasteiger partial charge in [0.25, 0.3) is 5.91 Å². The van der Waals surface area contributed by atoms with Crippen molar-refractivity contribution in [1.29, 1.82) is 0 Å². The van der Waals surface area contributed by atoms with Crippen LogP contribution in [0, 0.1) is 0 Å². The van der Waals surface area contributed by atoms with Crippen LogP contribution in [0.2, 0.25) is 0 Å². The molecular weight excluding hydrogens is 448 g/mol. The average molecular weight is 471 g/mol. The number of amides is 1. The summed E-state index contributed by atoms with van der Waals surface area (Å²) in [6.07, 6.45) is 0. The summed E-state index contributed by atoms with van der Waals surface area (Å²) < 4.78 is 28.2. The standard InChI is InChI=1S/C19H23BrN2O3S2/c1-19(2,3)15-4-6-16(7-5-15)27(24,25)22-10-8-21(9-11-22)18(23)14-12-17(20)26-13-14/h4-7,12-13H,8-11H2,1-3H3. The zero-order chi connectivity index (χ0) is 19.8. The maximum Gasteiger partial charge on any atom is 0.254 e. The molecule has 0 bridgehead atoms. The number of halogens is 1. The van der Waals surface area contributed by atoms with Gasteiger partial charge in [0, 0.05) is 31.6 Å². The van der Waals surface area contributed by atoms with Crippen molar-refractivity contribution in [2.24, 2.45) is 0 Å². The van der Waals surface area contributed by atoms with Crippen molar-refractivity contribution < 1.29 is 13.2 Å². The summed E-state index contributed by atoms with van der Waals surface area (Å²) in [7, 11) is -3.54. The Hall–Kier alpha value is -1.22. The molecule has 8 heteroatoms. The third kappa shape index (κ3) is 4.45. The van der Waals surface area contributed by atoms with Crippen LogP contribution in [0.5, 0.6) is 0 Å². The molecule has 1 saturated heterocycles. The van der Waals surface area contributed by atoms with Gasteiger partial charge in [0.15, 0.2) is 0 Å². The van der Waals surface area contributed by atoms with Crippen LogP contribution >= 0.6 is 27.3 Å². The highest BCUT2D eigenvalue weighted by Gasteiger charge is 2.31. The summed E-state index contributed by atoms with van der Waals surface area (Å²) in [5.41, 5.74) is 1.71. The number of piperazine rings is 1. The number of sulfonamides is 1. The largest absolute Gasteiger partial charge is 0.336 e. The molecule has 0 N–H and O–H groups in total. The zero-order valence-electron chi connectivity index (χ0n) is 15.6. The number of rotatable bonds is 3. The van der Waals surface area contributed by atoms with Crippen LogP contribution in [-0.4, -0.2) is 49.7 Å². The van der Waals surface area contributed by atoms with Gasteiger partial charge in [-0.2, -0.15) is 4.31 Å². The van der Waals surface area contributed by atoms with Gasteiger partial charge in [0.2, 0.25) is 10.0 Å². The molecule has 27 heavy (non-hydrogen) atoms. The summed E-state index contributed by atoms with van der Waals surface area (Å²) in [6, 6.07) is 8.90. The molecule has 1 aromatic carbocycles. The molecule has 1 amide bonds. The minimum atomic E-state index is -3.54. The third-order valence-electron chi connectivity index (χ3n) is 4.70. The lowest BCUT2D eigenvalue weighted by Gasteiger charge is -2.34. The highest BCUT2D eigenvalue weighted by atomic mass is 79.9. The Balaban J connectivity index is 1.68. The lowest BCUT2D eigenvalue weighted by atomic mass is 9.87. The highest BCUT2D eigenvalue weighted by molar-refractivity contribution is 9.11. The number of benzene rings is 1. The summed E-state index contributed by atoms with van der Waals surface area (Å²) in [5, 5.41) is 1.81. The van der Waals surface area contributed by atoms with E-state index in [1.54, 1.807) is 23.1 Å². The Morgan fingerprint density at radius 2 is 1.67 bits per heavy atom. The van der Waals surface area contributed by atoms with Crippen molar-refractivity contribution in [3.63, 3.8) is 0 Å². The molecule has 0 aliphatic carbocycles. The van der Waals surface area contributed by atoms with Crippen molar-refractivity contribution in [2.45, 2.75) is 31.1 Å². The molecule has 146 valence electrons. The van der Waals surface area contributed by atoms with Gasteiger partial charge in [-0.1, -0.05) is 32.9 Å². The third-order valence-corrected chi connectivity index (χ3v) is 8.12. The van der Waals surface area contributed by atoms with Crippen molar-refractivity contribution >= 4 is 43.2 Å². The highest BCUT2D eigenvalue weighted by Crippen LogP contribution is 2.26. The molecule has 0 unspecified atom stereocenters. The number of hydrogen-bond donors (Lipinski definition) is 0. The SMILES string of the molecule is CC(C)(C)c1ccc(S(=O)(=O)N2CCN(C(=O)c3csc(Br)c3)CC2)cc1. The molecule has 1 aliphatic rings. The maximum atomic E-state index is 12.9. The number of thiophene rings is 1. The molecule has 2 heterocycles. The van der Waals surface area contributed by atoms with E-state index in [0.29, 0.717) is 36.6 Å². The topological polar surface area (TPSA) is 57.7 Å². The van der Waals surface area contributed by atoms with E-state index in [0.717, 1.165) is 9.35 Å². The molecular formula is C19H23BrN2O3S2. The van der Waals surface area contributed by atoms with Crippen molar-refractivity contribution in [3.8, 4) is 0 Å². The first kappa shape index (κ1) is 20.5. The molecule has 0 atom stereocenters. The number of nitrogens with zero attached hydrogens (tertiary/aromatic N) is 2. The number of carbonyl (C=O) groups is 1. The first-order chi connectivity index (χ1) is 12.6. The molecule has 1 aromatic heterocycles. The quantitative estimate of drug-likeness (QED) is 0.681. The molecule has 1 aliphatic heterocycles. The van der Waals surface area contributed by atoms with E-state index in [9.17, 15) is 13.2 Å². The van der Waals surface area contributed by atoms with Crippen molar-refractivity contribution in [3.05, 3.63) is 50.6 Å². The maximum absolute atomic E-state index is 12.9. The van der Waals surface area contributed by atoms with Crippen molar-refractivity contribution in [2.75, 3.05) is 26.2 Å². The van der Waals surface area contributed by atoms with E-state index in [1.165, 1.54) is 15.6 Å². The molecule has 5 nitrogen and oxygen atoms in total. The summed E-state index contributed by atoms with van der Waals surface area (Å²) in [4.78, 5) is 14.5. The smallest absolute Gasteiger partial charge is 0.254 e. The van der Waals surface area contributed by atoms with Gasteiger partial charge in [-0.3, -0.25) is 4.79 Å². The second-order valence-electron chi connectivity index (χ2n) is 7.61. The predicted octanol–water partition coefficient (Wildman–Crippen LogP) is 3.95. The molecule has 3 rings (SSSR count). The summed E-state index contributed by atoms with van der Waals surface area (Å²) >= 11 is 4.83. The predicted molar refractivity (Wildman–Crippen MR) is 112 cm³/mol. The van der Waals surface area contributed by atoms with Crippen LogP contribution in [0.1, 0.15) is 36.7 Å². The van der Waals surface area contributed by atoms with E-state index in [4.69, 9.17) is 0 Å². The van der Waals surface area contributed by atoms with Gasteiger partial charge in [-0.15, -0.1) is 11.3 Å². The first-order valence-corrected chi connectivity index (χ1v) is 11.8. The van der Waals surface area contributed by atoms with Gasteiger partial charge < -0.3 is 4.90 Å². The van der Waals surface area contributed by atoms with Gasteiger partial charge in [-0.05, 0) is 45.1 Å². The Labute approximate surface area is 173 Å². The minimum absolute atomic E-state index is 0.0229. The fourth-order valence-electron chi connectivity index (χ4n) is 3.01. The van der Waals surface area contributed by atoms with Crippen LogP contribution in [-0.2, 0) is 15.4 Å². The van der Waals surface area contributed by atoms with Crippen LogP contribution in [0.4, 0.5) is 0 Å². The van der Waals surface area contributed by atoms with Gasteiger partial charge >= 0.3 is 0 Å². The lowest BCUT2D eigenvalue weighted by Crippen LogP contribution is -2.50. The first-order valence-electron chi connectivity index (χ1n) is 8.73. The van der Waals surface area contributed by atoms with E-state index < -0.39 is 10.0 Å². The van der Waals surface area contributed by atoms with Crippen LogP contribution in [0.25, 0.3) is 0 Å². The zero-order valence-corrected chi connectivity index (χ0v) is 18.8. The Bertz CT molecular complexity index is 923. The van der Waals surface area contributed by atoms with E-state index in [-0.39, 0.29) is 11.3 Å². The average Bonchev–Trinajstić information content (AvgIpc) is 3.07. The van der Waals surface area contributed by atoms with E-state index in [1.807, 2.05) is 17.5 Å². The van der Waals surface area contributed by atoms with Crippen LogP contribution < -0.4 is 0 Å². The van der Waals surface area contributed by atoms with Gasteiger partial charge in [-0.25, -0.2) is 8.42 Å². The normalized spacial score (nSPS) is 16.5. The molecule has 1 fully saturated rings. The second kappa shape index (κ2) is 7.66. The van der Waals surface area contributed by atoms with Crippen LogP contribution in [0.15, 0.2) is 44.4 Å². The Kier molecular flexibility index (Phi) is 5.82. The van der Waals surface area contributed by atoms with Crippen molar-refractivity contribution in [1.82, 2.24) is 9.21 Å². The minimum Gasteiger partial charge on any atom is -0.336 e. The van der Waals surface area contributed by atoms with Gasteiger partial charge in [0.05, 0.1) is 14.2 Å². The van der Waals surface area contributed by atoms with E-state index >= 15 is 0 Å². The monoisotopic (exact) mass is 470 g/mol. The van der Waals surface area contributed by atoms with E-state index in [2.05, 4.69) is 36.7 Å². The molecule has 0 spiro atoms.